The quantitative estimate of drug-likeness (QED) is 0.0452. The fourth-order valence-electron chi connectivity index (χ4n) is 7.74. The molecule has 0 aromatic carbocycles. The van der Waals surface area contributed by atoms with Crippen molar-refractivity contribution in [3.05, 3.63) is 83.6 Å². The number of hydrogen-bond donors (Lipinski definition) is 0. The summed E-state index contributed by atoms with van der Waals surface area (Å²) in [6, 6.07) is 24.5. The Morgan fingerprint density at radius 2 is 0.514 bits per heavy atom. The van der Waals surface area contributed by atoms with E-state index in [4.69, 9.17) is 36.2 Å². The van der Waals surface area contributed by atoms with Crippen LogP contribution in [0.3, 0.4) is 0 Å². The first-order chi connectivity index (χ1) is 34.8. The zero-order chi connectivity index (χ0) is 51.3. The minimum atomic E-state index is -4.54. The van der Waals surface area contributed by atoms with E-state index >= 15 is 18.3 Å². The largest absolute Gasteiger partial charge is 0.363 e. The minimum absolute atomic E-state index is 0.00385. The number of hydrogen-bond acceptors (Lipinski definition) is 20. The highest BCUT2D eigenvalue weighted by molar-refractivity contribution is 7.72. The van der Waals surface area contributed by atoms with Gasteiger partial charge in [-0.15, -0.1) is 90.7 Å². The summed E-state index contributed by atoms with van der Waals surface area (Å²) in [4.78, 5) is 11.0. The summed E-state index contributed by atoms with van der Waals surface area (Å²) in [5.74, 6) is 0. The van der Waals surface area contributed by atoms with Crippen LogP contribution in [0.25, 0.3) is 68.3 Å². The van der Waals surface area contributed by atoms with Crippen molar-refractivity contribution in [2.24, 2.45) is 0 Å². The predicted octanol–water partition coefficient (Wildman–Crippen LogP) is 17.4. The molecular weight excluding hydrogens is 1150 g/mol. The monoisotopic (exact) mass is 1200 g/mol. The average Bonchev–Trinajstić information content (AvgIpc) is 4.20. The molecule has 24 heteroatoms. The molecule has 0 unspecified atom stereocenters. The molecule has 0 fully saturated rings. The van der Waals surface area contributed by atoms with Gasteiger partial charge in [-0.25, -0.2) is 0 Å². The lowest BCUT2D eigenvalue weighted by atomic mass is 10.3. The van der Waals surface area contributed by atoms with Crippen molar-refractivity contribution in [3.8, 4) is 68.3 Å². The van der Waals surface area contributed by atoms with Gasteiger partial charge < -0.3 is 36.2 Å². The van der Waals surface area contributed by atoms with E-state index in [9.17, 15) is 0 Å². The van der Waals surface area contributed by atoms with E-state index in [1.807, 2.05) is 47.2 Å². The summed E-state index contributed by atoms with van der Waals surface area (Å²) >= 11 is 11.9. The van der Waals surface area contributed by atoms with Crippen molar-refractivity contribution >= 4 is 142 Å². The second kappa shape index (κ2) is 24.7. The van der Waals surface area contributed by atoms with Gasteiger partial charge in [-0.05, 0) is 127 Å². The summed E-state index contributed by atoms with van der Waals surface area (Å²) in [6.45, 7) is 13.2. The minimum Gasteiger partial charge on any atom is -0.305 e. The Bertz CT molecular complexity index is 3010. The number of rotatable bonds is 27. The second-order valence-electron chi connectivity index (χ2n) is 14.9. The third-order valence-electron chi connectivity index (χ3n) is 10.3. The van der Waals surface area contributed by atoms with Crippen LogP contribution in [-0.2, 0) is 54.5 Å². The molecule has 8 aromatic heterocycles. The van der Waals surface area contributed by atoms with Crippen LogP contribution in [0.4, 0.5) is 0 Å². The van der Waals surface area contributed by atoms with Gasteiger partial charge in [-0.3, -0.25) is 18.3 Å². The smallest absolute Gasteiger partial charge is 0.305 e. The van der Waals surface area contributed by atoms with Crippen molar-refractivity contribution < 1.29 is 54.5 Å². The fraction of sp³-hybridized carbons (Fsp3) is 0.333. The van der Waals surface area contributed by atoms with Gasteiger partial charge in [0.05, 0.1) is 93.6 Å². The van der Waals surface area contributed by atoms with E-state index in [-0.39, 0.29) is 83.8 Å². The van der Waals surface area contributed by atoms with Crippen molar-refractivity contribution in [2.75, 3.05) is 52.9 Å². The maximum atomic E-state index is 16.0. The van der Waals surface area contributed by atoms with Gasteiger partial charge in [0.25, 0.3) is 0 Å². The Balaban J connectivity index is 1.50. The highest BCUT2D eigenvalue weighted by Gasteiger charge is 2.51. The van der Waals surface area contributed by atoms with E-state index in [2.05, 4.69) is 36.4 Å². The molecule has 8 rings (SSSR count). The summed E-state index contributed by atoms with van der Waals surface area (Å²) in [5.41, 5.74) is 0. The molecule has 0 aliphatic heterocycles. The summed E-state index contributed by atoms with van der Waals surface area (Å²) in [6.07, 6.45) is 0. The maximum Gasteiger partial charge on any atom is 0.363 e. The molecule has 0 saturated heterocycles. The van der Waals surface area contributed by atoms with Crippen LogP contribution in [-0.4, -0.2) is 52.9 Å². The third kappa shape index (κ3) is 11.4. The molecule has 0 radical (unpaired) electrons. The molecule has 0 amide bonds. The Morgan fingerprint density at radius 3 is 0.750 bits per heavy atom. The first-order valence-electron chi connectivity index (χ1n) is 23.2. The van der Waals surface area contributed by atoms with Gasteiger partial charge in [0.15, 0.2) is 0 Å². The Kier molecular flexibility index (Phi) is 19.3. The van der Waals surface area contributed by atoms with Crippen molar-refractivity contribution in [3.63, 3.8) is 0 Å². The van der Waals surface area contributed by atoms with E-state index in [1.165, 1.54) is 22.7 Å². The van der Waals surface area contributed by atoms with E-state index in [0.717, 1.165) is 61.7 Å². The SMILES string of the molecule is CCOP(=O)(OCC)c1c(-c2ccc(-c3ccc(-c4cccs4)s3)s2)sc(-c2sc(-c3ccc(-c4ccc(-c5cccs5)s4)s3)c(P(=O)(OCC)OCC)c2P(=O)(OCC)OCC)c1P(=O)(OCC)OCC. The highest BCUT2D eigenvalue weighted by Crippen LogP contribution is 2.64. The molecule has 0 spiro atoms. The van der Waals surface area contributed by atoms with E-state index in [1.54, 1.807) is 101 Å². The first kappa shape index (κ1) is 56.4. The number of thiophene rings is 8. The lowest BCUT2D eigenvalue weighted by Gasteiger charge is -2.25. The summed E-state index contributed by atoms with van der Waals surface area (Å²) in [7, 11) is -17.9. The van der Waals surface area contributed by atoms with E-state index < -0.39 is 30.4 Å². The maximum absolute atomic E-state index is 16.0. The lowest BCUT2D eigenvalue weighted by molar-refractivity contribution is 0.226. The lowest BCUT2D eigenvalue weighted by Crippen LogP contribution is -2.31. The van der Waals surface area contributed by atoms with Crippen molar-refractivity contribution in [1.29, 1.82) is 0 Å². The topological polar surface area (TPSA) is 142 Å². The van der Waals surface area contributed by atoms with Crippen LogP contribution in [0, 0.1) is 0 Å². The van der Waals surface area contributed by atoms with Gasteiger partial charge in [0, 0.05) is 48.8 Å². The molecule has 0 N–H and O–H groups in total. The second-order valence-corrected chi connectivity index (χ2v) is 31.0. The van der Waals surface area contributed by atoms with Gasteiger partial charge in [0.1, 0.15) is 0 Å². The molecular formula is C48H54O12P4S8. The fourth-order valence-corrected chi connectivity index (χ4v) is 27.1. The van der Waals surface area contributed by atoms with Crippen LogP contribution in [0.1, 0.15) is 55.4 Å². The molecule has 0 bridgehead atoms. The predicted molar refractivity (Wildman–Crippen MR) is 309 cm³/mol. The third-order valence-corrected chi connectivity index (χ3v) is 29.8. The van der Waals surface area contributed by atoms with Gasteiger partial charge in [-0.2, -0.15) is 0 Å². The zero-order valence-electron chi connectivity index (χ0n) is 40.7. The molecule has 0 aliphatic carbocycles. The Morgan fingerprint density at radius 1 is 0.292 bits per heavy atom. The van der Waals surface area contributed by atoms with Gasteiger partial charge >= 0.3 is 30.4 Å². The zero-order valence-corrected chi connectivity index (χ0v) is 50.8. The van der Waals surface area contributed by atoms with Crippen LogP contribution in [0.15, 0.2) is 83.6 Å². The molecule has 12 nitrogen and oxygen atoms in total. The normalized spacial score (nSPS) is 12.7. The first-order valence-corrected chi connectivity index (χ1v) is 36.0. The molecule has 0 atom stereocenters. The molecule has 72 heavy (non-hydrogen) atoms. The molecule has 0 aliphatic rings. The van der Waals surface area contributed by atoms with Gasteiger partial charge in [-0.1, -0.05) is 12.1 Å². The molecule has 386 valence electrons. The van der Waals surface area contributed by atoms with Crippen LogP contribution in [0.2, 0.25) is 0 Å². The summed E-state index contributed by atoms with van der Waals surface area (Å²) in [5, 5.41) is 3.92. The highest BCUT2D eigenvalue weighted by atomic mass is 32.1. The van der Waals surface area contributed by atoms with Crippen LogP contribution >= 0.6 is 121 Å². The van der Waals surface area contributed by atoms with E-state index in [0.29, 0.717) is 19.5 Å². The van der Waals surface area contributed by atoms with Crippen LogP contribution < -0.4 is 21.2 Å². The Labute approximate surface area is 453 Å². The van der Waals surface area contributed by atoms with Crippen molar-refractivity contribution in [1.82, 2.24) is 0 Å². The molecule has 8 heterocycles. The standard InChI is InChI=1S/C48H54O12P4S8/c1-9-53-61(49,54-10-2)41-43(63(51,57-13-5)58-14-6)47(71-45(41)39-27-25-37(69-39)35-23-21-33(67-35)31-19-17-29-65-31)48-44(64(52,59-15-7)60-16-8)42(62(50,55-11-3)56-12-4)46(72-48)40-28-26-38(70-40)36-24-22-34(68-36)32-20-18-30-66-32/h17-30H,9-16H2,1-8H3. The molecule has 8 aromatic rings. The van der Waals surface area contributed by atoms with Gasteiger partial charge in [0.2, 0.25) is 0 Å². The average molecular weight is 1200 g/mol. The van der Waals surface area contributed by atoms with Crippen molar-refractivity contribution in [2.45, 2.75) is 55.4 Å². The van der Waals surface area contributed by atoms with Crippen LogP contribution in [0.5, 0.6) is 0 Å². The molecule has 0 saturated carbocycles. The summed E-state index contributed by atoms with van der Waals surface area (Å²) < 4.78 is 113. The Hall–Kier alpha value is -1.80.